The summed E-state index contributed by atoms with van der Waals surface area (Å²) in [5.74, 6) is 0. The summed E-state index contributed by atoms with van der Waals surface area (Å²) < 4.78 is 11.6. The second-order valence-electron chi connectivity index (χ2n) is 8.45. The molecule has 0 spiro atoms. The molecule has 0 N–H and O–H groups in total. The Hall–Kier alpha value is -2.33. The summed E-state index contributed by atoms with van der Waals surface area (Å²) in [7, 11) is -2.04. The Bertz CT molecular complexity index is 732. The van der Waals surface area contributed by atoms with Gasteiger partial charge in [-0.15, -0.1) is 4.91 Å². The van der Waals surface area contributed by atoms with Gasteiger partial charge in [0.05, 0.1) is 17.6 Å². The van der Waals surface area contributed by atoms with Gasteiger partial charge in [-0.25, -0.2) is 4.79 Å². The highest BCUT2D eigenvalue weighted by molar-refractivity contribution is 6.74. The molecule has 28 heavy (non-hydrogen) atoms. The lowest BCUT2D eigenvalue weighted by atomic mass is 10.2. The van der Waals surface area contributed by atoms with Gasteiger partial charge < -0.3 is 9.16 Å². The fraction of sp³-hybridized carbons (Fsp3) is 0.611. The molecule has 10 heteroatoms. The third-order valence-corrected chi connectivity index (χ3v) is 9.90. The first-order valence-electron chi connectivity index (χ1n) is 9.11. The number of non-ortho nitro benzene ring substituents is 1. The van der Waals surface area contributed by atoms with Crippen molar-refractivity contribution >= 4 is 20.1 Å². The highest BCUT2D eigenvalue weighted by atomic mass is 28.4. The van der Waals surface area contributed by atoms with Gasteiger partial charge in [0, 0.05) is 18.6 Å². The molecule has 9 nitrogen and oxygen atoms in total. The minimum absolute atomic E-state index is 0.0148. The molecule has 1 aromatic rings. The third kappa shape index (κ3) is 5.13. The van der Waals surface area contributed by atoms with Crippen LogP contribution < -0.4 is 0 Å². The van der Waals surface area contributed by atoms with Crippen LogP contribution in [0.3, 0.4) is 0 Å². The Kier molecular flexibility index (Phi) is 6.55. The molecule has 2 atom stereocenters. The Morgan fingerprint density at radius 2 is 1.93 bits per heavy atom. The molecule has 1 heterocycles. The van der Waals surface area contributed by atoms with Crippen LogP contribution in [0.4, 0.5) is 10.5 Å². The fourth-order valence-corrected chi connectivity index (χ4v) is 4.05. The van der Waals surface area contributed by atoms with Crippen molar-refractivity contribution in [2.24, 2.45) is 5.18 Å². The van der Waals surface area contributed by atoms with Crippen molar-refractivity contribution in [2.45, 2.75) is 64.2 Å². The number of hydrogen-bond acceptors (Lipinski definition) is 7. The van der Waals surface area contributed by atoms with Crippen molar-refractivity contribution in [2.75, 3.05) is 6.54 Å². The van der Waals surface area contributed by atoms with Crippen LogP contribution in [0.25, 0.3) is 0 Å². The summed E-state index contributed by atoms with van der Waals surface area (Å²) in [6.45, 7) is 10.8. The Balaban J connectivity index is 1.96. The monoisotopic (exact) mass is 409 g/mol. The molecule has 1 aliphatic heterocycles. The van der Waals surface area contributed by atoms with Gasteiger partial charge in [0.25, 0.3) is 5.69 Å². The first-order valence-corrected chi connectivity index (χ1v) is 12.0. The predicted octanol–water partition coefficient (Wildman–Crippen LogP) is 4.42. The van der Waals surface area contributed by atoms with Crippen LogP contribution in [-0.2, 0) is 15.8 Å². The summed E-state index contributed by atoms with van der Waals surface area (Å²) in [4.78, 5) is 35.1. The van der Waals surface area contributed by atoms with Crippen LogP contribution in [-0.4, -0.2) is 43.0 Å². The second-order valence-corrected chi connectivity index (χ2v) is 13.2. The lowest BCUT2D eigenvalue weighted by Gasteiger charge is -2.38. The van der Waals surface area contributed by atoms with E-state index >= 15 is 0 Å². The standard InChI is InChI=1S/C18H27N3O6Si/c1-18(2,3)28(4,5)27-15-10-16(19-23)20(11-15)17(22)26-12-13-6-8-14(9-7-13)21(24)25/h6-9,15-16H,10-12H2,1-5H3/t15-,16?/m1/s1. The van der Waals surface area contributed by atoms with Gasteiger partial charge in [-0.05, 0) is 41.0 Å². The number of amides is 1. The molecular formula is C18H27N3O6Si. The number of hydrogen-bond donors (Lipinski definition) is 0. The van der Waals surface area contributed by atoms with Crippen molar-refractivity contribution in [1.29, 1.82) is 0 Å². The zero-order chi connectivity index (χ0) is 21.1. The molecule has 2 rings (SSSR count). The normalized spacial score (nSPS) is 20.1. The zero-order valence-corrected chi connectivity index (χ0v) is 17.9. The molecule has 0 radical (unpaired) electrons. The van der Waals surface area contributed by atoms with Crippen molar-refractivity contribution in [1.82, 2.24) is 4.90 Å². The van der Waals surface area contributed by atoms with Gasteiger partial charge in [-0.3, -0.25) is 15.0 Å². The van der Waals surface area contributed by atoms with Crippen molar-refractivity contribution in [3.8, 4) is 0 Å². The van der Waals surface area contributed by atoms with E-state index in [1.165, 1.54) is 29.2 Å². The zero-order valence-electron chi connectivity index (χ0n) is 16.9. The Labute approximate surface area is 165 Å². The maximum atomic E-state index is 12.4. The smallest absolute Gasteiger partial charge is 0.412 e. The number of ether oxygens (including phenoxy) is 1. The van der Waals surface area contributed by atoms with Crippen LogP contribution in [0.15, 0.2) is 29.4 Å². The molecule has 1 amide bonds. The Morgan fingerprint density at radius 1 is 1.32 bits per heavy atom. The highest BCUT2D eigenvalue weighted by Gasteiger charge is 2.44. The third-order valence-electron chi connectivity index (χ3n) is 5.37. The van der Waals surface area contributed by atoms with E-state index in [1.807, 2.05) is 0 Å². The second kappa shape index (κ2) is 8.35. The largest absolute Gasteiger partial charge is 0.444 e. The summed E-state index contributed by atoms with van der Waals surface area (Å²) in [5.41, 5.74) is 0.577. The molecule has 1 aliphatic rings. The predicted molar refractivity (Wildman–Crippen MR) is 106 cm³/mol. The fourth-order valence-electron chi connectivity index (χ4n) is 2.69. The average Bonchev–Trinajstić information content (AvgIpc) is 3.01. The molecule has 1 unspecified atom stereocenters. The van der Waals surface area contributed by atoms with E-state index < -0.39 is 25.5 Å². The van der Waals surface area contributed by atoms with Gasteiger partial charge in [-0.2, -0.15) is 0 Å². The highest BCUT2D eigenvalue weighted by Crippen LogP contribution is 2.39. The van der Waals surface area contributed by atoms with E-state index in [0.717, 1.165) is 0 Å². The van der Waals surface area contributed by atoms with Crippen molar-refractivity contribution < 1.29 is 18.9 Å². The first-order chi connectivity index (χ1) is 12.9. The number of nitro groups is 1. The quantitative estimate of drug-likeness (QED) is 0.297. The number of nitrogens with zero attached hydrogens (tertiary/aromatic N) is 3. The molecule has 1 saturated heterocycles. The molecule has 154 valence electrons. The van der Waals surface area contributed by atoms with Gasteiger partial charge in [0.1, 0.15) is 6.61 Å². The van der Waals surface area contributed by atoms with Crippen LogP contribution in [0, 0.1) is 15.0 Å². The number of carbonyl (C=O) groups excluding carboxylic acids is 1. The molecule has 0 bridgehead atoms. The van der Waals surface area contributed by atoms with E-state index in [-0.39, 0.29) is 30.0 Å². The van der Waals surface area contributed by atoms with E-state index in [4.69, 9.17) is 9.16 Å². The molecule has 0 aliphatic carbocycles. The summed E-state index contributed by atoms with van der Waals surface area (Å²) in [6, 6.07) is 5.73. The number of likely N-dealkylation sites (tertiary alicyclic amines) is 1. The lowest BCUT2D eigenvalue weighted by molar-refractivity contribution is -0.384. The molecule has 1 aromatic carbocycles. The molecule has 0 aromatic heterocycles. The number of nitroso groups, excluding NO2 is 1. The number of rotatable bonds is 6. The molecule has 0 saturated carbocycles. The average molecular weight is 410 g/mol. The summed E-state index contributed by atoms with van der Waals surface area (Å²) in [5, 5.41) is 13.7. The van der Waals surface area contributed by atoms with Crippen LogP contribution in [0.1, 0.15) is 32.8 Å². The number of benzene rings is 1. The van der Waals surface area contributed by atoms with E-state index in [0.29, 0.717) is 12.0 Å². The van der Waals surface area contributed by atoms with E-state index in [9.17, 15) is 19.8 Å². The molecular weight excluding hydrogens is 382 g/mol. The van der Waals surface area contributed by atoms with E-state index in [2.05, 4.69) is 39.0 Å². The minimum Gasteiger partial charge on any atom is -0.444 e. The molecule has 1 fully saturated rings. The van der Waals surface area contributed by atoms with Gasteiger partial charge in [-0.1, -0.05) is 20.8 Å². The topological polar surface area (TPSA) is 111 Å². The maximum absolute atomic E-state index is 12.4. The van der Waals surface area contributed by atoms with Crippen LogP contribution in [0.2, 0.25) is 18.1 Å². The summed E-state index contributed by atoms with van der Waals surface area (Å²) in [6.07, 6.45) is -1.37. The first kappa shape index (κ1) is 22.0. The SMILES string of the molecule is CC(C)(C)[Si](C)(C)O[C@@H]1CC(N=O)N(C(=O)OCc2ccc([N+](=O)[O-])cc2)C1. The van der Waals surface area contributed by atoms with Crippen LogP contribution >= 0.6 is 0 Å². The Morgan fingerprint density at radius 3 is 2.43 bits per heavy atom. The van der Waals surface area contributed by atoms with Gasteiger partial charge in [0.15, 0.2) is 14.5 Å². The van der Waals surface area contributed by atoms with Crippen molar-refractivity contribution in [3.05, 3.63) is 44.9 Å². The maximum Gasteiger partial charge on any atom is 0.412 e. The summed E-state index contributed by atoms with van der Waals surface area (Å²) >= 11 is 0. The van der Waals surface area contributed by atoms with Gasteiger partial charge in [0.2, 0.25) is 0 Å². The van der Waals surface area contributed by atoms with E-state index in [1.54, 1.807) is 0 Å². The van der Waals surface area contributed by atoms with Crippen LogP contribution in [0.5, 0.6) is 0 Å². The van der Waals surface area contributed by atoms with Gasteiger partial charge >= 0.3 is 6.09 Å². The minimum atomic E-state index is -2.04. The number of carbonyl (C=O) groups is 1. The number of nitro benzene ring substituents is 1. The van der Waals surface area contributed by atoms with Crippen molar-refractivity contribution in [3.63, 3.8) is 0 Å². The lowest BCUT2D eigenvalue weighted by Crippen LogP contribution is -2.44.